The smallest absolute Gasteiger partial charge is 0.311 e. The van der Waals surface area contributed by atoms with E-state index in [-0.39, 0.29) is 86.9 Å². The van der Waals surface area contributed by atoms with E-state index in [1.807, 2.05) is 13.8 Å². The van der Waals surface area contributed by atoms with Crippen molar-refractivity contribution in [2.24, 2.45) is 100 Å². The number of ether oxygens (including phenoxy) is 3. The van der Waals surface area contributed by atoms with Crippen LogP contribution in [-0.4, -0.2) is 121 Å². The minimum absolute atomic E-state index is 0.00760. The van der Waals surface area contributed by atoms with E-state index < -0.39 is 82.4 Å². The van der Waals surface area contributed by atoms with Gasteiger partial charge in [-0.15, -0.1) is 0 Å². The monoisotopic (exact) mass is 1120 g/mol. The molecule has 14 heteroatoms. The number of rotatable bonds is 9. The summed E-state index contributed by atoms with van der Waals surface area (Å²) >= 11 is 0. The van der Waals surface area contributed by atoms with Crippen molar-refractivity contribution in [2.45, 2.75) is 247 Å². The molecule has 24 atom stereocenters. The fourth-order valence-corrected chi connectivity index (χ4v) is 23.2. The summed E-state index contributed by atoms with van der Waals surface area (Å²) in [5, 5.41) is 87.4. The molecule has 0 spiro atoms. The Labute approximate surface area is 476 Å². The molecule has 0 bridgehead atoms. The first kappa shape index (κ1) is 59.3. The second-order valence-electron chi connectivity index (χ2n) is 32.4. The van der Waals surface area contributed by atoms with E-state index in [9.17, 15) is 50.4 Å². The van der Waals surface area contributed by atoms with Crippen LogP contribution in [0, 0.1) is 100 Å². The average Bonchev–Trinajstić information content (AvgIpc) is 3.16. The van der Waals surface area contributed by atoms with Gasteiger partial charge in [0, 0.05) is 10.8 Å². The summed E-state index contributed by atoms with van der Waals surface area (Å²) in [6, 6.07) is 0. The van der Waals surface area contributed by atoms with Gasteiger partial charge in [0.1, 0.15) is 24.4 Å². The molecule has 11 aliphatic rings. The third-order valence-electron chi connectivity index (χ3n) is 29.0. The van der Waals surface area contributed by atoms with Gasteiger partial charge >= 0.3 is 17.9 Å². The maximum absolute atomic E-state index is 15.1. The molecule has 8 N–H and O–H groups in total. The van der Waals surface area contributed by atoms with Gasteiger partial charge in [0.2, 0.25) is 0 Å². The van der Waals surface area contributed by atoms with Crippen molar-refractivity contribution in [1.29, 1.82) is 0 Å². The van der Waals surface area contributed by atoms with Gasteiger partial charge in [-0.25, -0.2) is 0 Å². The average molecular weight is 1120 g/mol. The molecule has 8 saturated carbocycles. The predicted molar refractivity (Wildman–Crippen MR) is 299 cm³/mol. The molecule has 0 aromatic heterocycles. The van der Waals surface area contributed by atoms with Crippen molar-refractivity contribution < 1.29 is 69.4 Å². The number of allylic oxidation sites excluding steroid dienone is 4. The van der Waals surface area contributed by atoms with Gasteiger partial charge in [0.05, 0.1) is 48.3 Å². The van der Waals surface area contributed by atoms with Crippen LogP contribution >= 0.6 is 0 Å². The quantitative estimate of drug-likeness (QED) is 0.0792. The molecule has 24 unspecified atom stereocenters. The first-order valence-corrected chi connectivity index (χ1v) is 31.5. The number of carboxylic acids is 2. The van der Waals surface area contributed by atoms with Gasteiger partial charge < -0.3 is 55.1 Å². The minimum atomic E-state index is -1.57. The Morgan fingerprint density at radius 3 is 1.60 bits per heavy atom. The molecule has 1 aliphatic heterocycles. The Hall–Kier alpha value is -2.43. The number of carbonyl (C=O) groups is 3. The van der Waals surface area contributed by atoms with E-state index in [4.69, 9.17) is 14.2 Å². The molecule has 0 radical (unpaired) electrons. The highest BCUT2D eigenvalue weighted by Crippen LogP contribution is 2.78. The van der Waals surface area contributed by atoms with E-state index in [2.05, 4.69) is 74.5 Å². The van der Waals surface area contributed by atoms with Crippen molar-refractivity contribution >= 4 is 17.9 Å². The van der Waals surface area contributed by atoms with Crippen LogP contribution < -0.4 is 0 Å². The number of hydrogen-bond acceptors (Lipinski definition) is 12. The van der Waals surface area contributed by atoms with Crippen molar-refractivity contribution in [3.8, 4) is 0 Å². The molecular formula is C66H102O14. The topological polar surface area (TPSA) is 241 Å². The summed E-state index contributed by atoms with van der Waals surface area (Å²) in [6.07, 6.45) is 11.0. The number of aliphatic hydroxyl groups excluding tert-OH is 6. The molecule has 450 valence electrons. The molecule has 11 rings (SSSR count). The fourth-order valence-electron chi connectivity index (χ4n) is 23.2. The first-order chi connectivity index (χ1) is 37.2. The second kappa shape index (κ2) is 19.0. The lowest BCUT2D eigenvalue weighted by molar-refractivity contribution is -0.315. The molecule has 1 heterocycles. The maximum atomic E-state index is 15.1. The number of hydrogen-bond donors (Lipinski definition) is 8. The molecule has 14 nitrogen and oxygen atoms in total. The fraction of sp³-hybridized carbons (Fsp3) is 0.894. The van der Waals surface area contributed by atoms with Gasteiger partial charge in [0.15, 0.2) is 6.29 Å². The summed E-state index contributed by atoms with van der Waals surface area (Å²) in [5.74, 6) is -1.30. The standard InChI is InChI=1S/C66H102O14/c1-55(2)42-16-22-63(10)44(58(42,5)20-18-46(55)68)14-12-37-39-32-56(3,24-28-65(39,52(73)74)30-26-61(37,63)8)35-79-54(77)57(4)25-29-66(53(75)76)31-27-62(9)38(40(66)33-57)13-15-45-59(6)21-19-47(69)60(7,43(59)17-23-64(45,62)11)36-78-51-50(72)49(71)48(70)41(34-67)80-51/h12-13,39-51,67-72H,14-36H2,1-11H3,(H,73,74)(H,75,76). The molecule has 10 aliphatic carbocycles. The van der Waals surface area contributed by atoms with E-state index in [1.54, 1.807) is 0 Å². The second-order valence-corrected chi connectivity index (χ2v) is 32.4. The zero-order valence-corrected chi connectivity index (χ0v) is 50.5. The number of carbonyl (C=O) groups excluding carboxylic acids is 1. The first-order valence-electron chi connectivity index (χ1n) is 31.5. The van der Waals surface area contributed by atoms with Crippen molar-refractivity contribution in [3.63, 3.8) is 0 Å². The van der Waals surface area contributed by atoms with Gasteiger partial charge in [-0.2, -0.15) is 0 Å². The van der Waals surface area contributed by atoms with Crippen molar-refractivity contribution in [2.75, 3.05) is 19.8 Å². The zero-order chi connectivity index (χ0) is 58.2. The van der Waals surface area contributed by atoms with Crippen LogP contribution in [0.4, 0.5) is 0 Å². The van der Waals surface area contributed by atoms with Crippen LogP contribution in [-0.2, 0) is 28.6 Å². The van der Waals surface area contributed by atoms with Gasteiger partial charge in [-0.1, -0.05) is 92.5 Å². The van der Waals surface area contributed by atoms with Crippen LogP contribution in [0.2, 0.25) is 0 Å². The van der Waals surface area contributed by atoms with Gasteiger partial charge in [-0.3, -0.25) is 14.4 Å². The zero-order valence-electron chi connectivity index (χ0n) is 50.5. The minimum Gasteiger partial charge on any atom is -0.481 e. The maximum Gasteiger partial charge on any atom is 0.311 e. The Balaban J connectivity index is 0.824. The third-order valence-corrected chi connectivity index (χ3v) is 29.0. The normalized spacial score (nSPS) is 54.9. The highest BCUT2D eigenvalue weighted by atomic mass is 16.7. The Kier molecular flexibility index (Phi) is 14.1. The highest BCUT2D eigenvalue weighted by molar-refractivity contribution is 5.80. The summed E-state index contributed by atoms with van der Waals surface area (Å²) in [6.45, 7) is 25.0. The Bertz CT molecular complexity index is 2560. The van der Waals surface area contributed by atoms with E-state index in [0.29, 0.717) is 76.0 Å². The summed E-state index contributed by atoms with van der Waals surface area (Å²) < 4.78 is 18.6. The summed E-state index contributed by atoms with van der Waals surface area (Å²) in [4.78, 5) is 42.6. The Morgan fingerprint density at radius 2 is 1.05 bits per heavy atom. The van der Waals surface area contributed by atoms with Gasteiger partial charge in [-0.05, 0) is 209 Å². The number of aliphatic hydroxyl groups is 6. The molecule has 80 heavy (non-hydrogen) atoms. The van der Waals surface area contributed by atoms with Crippen LogP contribution in [0.3, 0.4) is 0 Å². The highest BCUT2D eigenvalue weighted by Gasteiger charge is 2.73. The van der Waals surface area contributed by atoms with E-state index in [1.165, 1.54) is 11.1 Å². The van der Waals surface area contributed by atoms with Crippen LogP contribution in [0.15, 0.2) is 23.3 Å². The molecule has 0 amide bonds. The summed E-state index contributed by atoms with van der Waals surface area (Å²) in [5.41, 5.74) is -2.69. The van der Waals surface area contributed by atoms with Crippen molar-refractivity contribution in [3.05, 3.63) is 23.3 Å². The van der Waals surface area contributed by atoms with Crippen LogP contribution in [0.1, 0.15) is 205 Å². The predicted octanol–water partition coefficient (Wildman–Crippen LogP) is 9.78. The van der Waals surface area contributed by atoms with E-state index in [0.717, 1.165) is 64.2 Å². The van der Waals surface area contributed by atoms with Gasteiger partial charge in [0.25, 0.3) is 0 Å². The van der Waals surface area contributed by atoms with Crippen LogP contribution in [0.25, 0.3) is 0 Å². The summed E-state index contributed by atoms with van der Waals surface area (Å²) in [7, 11) is 0. The Morgan fingerprint density at radius 1 is 0.550 bits per heavy atom. The molecule has 9 fully saturated rings. The number of esters is 1. The van der Waals surface area contributed by atoms with Crippen LogP contribution in [0.5, 0.6) is 0 Å². The molecule has 0 aromatic rings. The van der Waals surface area contributed by atoms with Crippen molar-refractivity contribution in [1.82, 2.24) is 0 Å². The molecule has 1 saturated heterocycles. The largest absolute Gasteiger partial charge is 0.481 e. The van der Waals surface area contributed by atoms with E-state index >= 15 is 4.79 Å². The number of fused-ring (bicyclic) bond motifs is 14. The lowest BCUT2D eigenvalue weighted by atomic mass is 9.33. The lowest BCUT2D eigenvalue weighted by Crippen LogP contribution is -2.66. The molecule has 0 aromatic carbocycles. The SMILES string of the molecule is CC1(COC(=O)C2(C)CCC3(C(=O)O)CCC4(C)C(=CCC5C6(C)CCC(O)C(C)(COC7OC(CO)C(O)C(O)C7O)C6CCC54C)C3C2)CCC2(C(=O)O)CCC3(C)C(=CCC4C5(C)CCC(O)C(C)(C)C5CCC43C)C2C1. The molecular weight excluding hydrogens is 1020 g/mol. The lowest BCUT2D eigenvalue weighted by Gasteiger charge is -2.71. The number of carboxylic acid groups (broad SMARTS) is 2. The third kappa shape index (κ3) is 7.84. The number of aliphatic carboxylic acids is 2.